The van der Waals surface area contributed by atoms with Gasteiger partial charge in [0.15, 0.2) is 6.10 Å². The number of carbonyl (C=O) groups excluding carboxylic acids is 2. The van der Waals surface area contributed by atoms with Crippen molar-refractivity contribution in [1.29, 1.82) is 0 Å². The van der Waals surface area contributed by atoms with Crippen LogP contribution in [0.2, 0.25) is 0 Å². The molecule has 0 aliphatic rings. The third-order valence-electron chi connectivity index (χ3n) is 9.08. The summed E-state index contributed by atoms with van der Waals surface area (Å²) in [5, 5.41) is 0. The number of ether oxygens (including phenoxy) is 2. The van der Waals surface area contributed by atoms with Crippen molar-refractivity contribution in [3.63, 3.8) is 0 Å². The molecular formula is C49H81O8P. The van der Waals surface area contributed by atoms with Crippen molar-refractivity contribution in [1.82, 2.24) is 0 Å². The van der Waals surface area contributed by atoms with Crippen molar-refractivity contribution in [3.8, 4) is 0 Å². The topological polar surface area (TPSA) is 119 Å². The maximum Gasteiger partial charge on any atom is 0.469 e. The first-order valence-corrected chi connectivity index (χ1v) is 24.1. The molecule has 0 aromatic carbocycles. The smallest absolute Gasteiger partial charge is 0.462 e. The number of hydrogen-bond acceptors (Lipinski definition) is 6. The van der Waals surface area contributed by atoms with Crippen molar-refractivity contribution in [3.05, 3.63) is 97.2 Å². The van der Waals surface area contributed by atoms with Gasteiger partial charge in [-0.3, -0.25) is 14.1 Å². The second-order valence-electron chi connectivity index (χ2n) is 14.7. The summed E-state index contributed by atoms with van der Waals surface area (Å²) >= 11 is 0. The van der Waals surface area contributed by atoms with Crippen molar-refractivity contribution in [2.45, 2.75) is 187 Å². The molecule has 0 rings (SSSR count). The minimum Gasteiger partial charge on any atom is -0.462 e. The summed E-state index contributed by atoms with van der Waals surface area (Å²) in [5.41, 5.74) is 0. The maximum absolute atomic E-state index is 12.4. The highest BCUT2D eigenvalue weighted by Crippen LogP contribution is 2.36. The van der Waals surface area contributed by atoms with Crippen LogP contribution in [0.15, 0.2) is 97.2 Å². The van der Waals surface area contributed by atoms with Gasteiger partial charge in [-0.2, -0.15) is 0 Å². The van der Waals surface area contributed by atoms with E-state index in [4.69, 9.17) is 19.3 Å². The van der Waals surface area contributed by atoms with Crippen LogP contribution < -0.4 is 0 Å². The average molecular weight is 829 g/mol. The Kier molecular flexibility index (Phi) is 41.3. The summed E-state index contributed by atoms with van der Waals surface area (Å²) in [6, 6.07) is 0. The molecule has 0 bridgehead atoms. The molecule has 0 fully saturated rings. The number of carbonyl (C=O) groups is 2. The molecule has 1 atom stereocenters. The van der Waals surface area contributed by atoms with Crippen LogP contribution in [0.3, 0.4) is 0 Å². The predicted octanol–water partition coefficient (Wildman–Crippen LogP) is 14.2. The lowest BCUT2D eigenvalue weighted by Gasteiger charge is -2.18. The van der Waals surface area contributed by atoms with Crippen LogP contribution in [0.1, 0.15) is 181 Å². The van der Waals surface area contributed by atoms with Gasteiger partial charge in [-0.05, 0) is 96.3 Å². The minimum absolute atomic E-state index is 0.123. The maximum atomic E-state index is 12.4. The molecule has 9 heteroatoms. The van der Waals surface area contributed by atoms with Crippen LogP contribution in [0, 0.1) is 0 Å². The zero-order chi connectivity index (χ0) is 42.5. The number of phosphoric acid groups is 1. The van der Waals surface area contributed by atoms with Crippen molar-refractivity contribution >= 4 is 19.8 Å². The molecular weight excluding hydrogens is 748 g/mol. The Bertz CT molecular complexity index is 1250. The molecule has 2 N–H and O–H groups in total. The summed E-state index contributed by atoms with van der Waals surface area (Å²) in [7, 11) is -4.79. The predicted molar refractivity (Wildman–Crippen MR) is 243 cm³/mol. The molecule has 0 saturated carbocycles. The highest BCUT2D eigenvalue weighted by molar-refractivity contribution is 7.46. The first-order valence-electron chi connectivity index (χ1n) is 22.5. The molecule has 0 saturated heterocycles. The van der Waals surface area contributed by atoms with Crippen molar-refractivity contribution in [2.75, 3.05) is 13.2 Å². The van der Waals surface area contributed by atoms with Gasteiger partial charge in [-0.25, -0.2) is 4.57 Å². The largest absolute Gasteiger partial charge is 0.469 e. The summed E-state index contributed by atoms with van der Waals surface area (Å²) in [5.74, 6) is -0.994. The fourth-order valence-corrected chi connectivity index (χ4v) is 6.06. The highest BCUT2D eigenvalue weighted by Gasteiger charge is 2.22. The fourth-order valence-electron chi connectivity index (χ4n) is 5.70. The zero-order valence-corrected chi connectivity index (χ0v) is 37.3. The van der Waals surface area contributed by atoms with Crippen molar-refractivity contribution < 1.29 is 37.9 Å². The van der Waals surface area contributed by atoms with Crippen LogP contribution in [0.25, 0.3) is 0 Å². The second kappa shape index (κ2) is 43.5. The molecule has 330 valence electrons. The lowest BCUT2D eigenvalue weighted by atomic mass is 10.1. The molecule has 0 aliphatic heterocycles. The van der Waals surface area contributed by atoms with Gasteiger partial charge in [0.2, 0.25) is 0 Å². The number of hydrogen-bond donors (Lipinski definition) is 2. The normalized spacial score (nSPS) is 13.4. The molecule has 0 unspecified atom stereocenters. The zero-order valence-electron chi connectivity index (χ0n) is 36.4. The van der Waals surface area contributed by atoms with E-state index < -0.39 is 32.5 Å². The van der Waals surface area contributed by atoms with Gasteiger partial charge in [0.25, 0.3) is 0 Å². The van der Waals surface area contributed by atoms with E-state index in [9.17, 15) is 14.2 Å². The first-order chi connectivity index (χ1) is 28.3. The molecule has 0 aliphatic carbocycles. The average Bonchev–Trinajstić information content (AvgIpc) is 3.20. The van der Waals surface area contributed by atoms with Gasteiger partial charge in [0, 0.05) is 12.8 Å². The second-order valence-corrected chi connectivity index (χ2v) is 15.9. The SMILES string of the molecule is CCCCC/C=C/C/C=C/C/C=C/C/C=C/CCCCCC(=O)OC[C@H](COP(=O)(O)O)OC(=O)CCC/C=C/C/C=C/C/C=C/C/C=C/CCCCCCCCC. The molecule has 8 nitrogen and oxygen atoms in total. The number of allylic oxidation sites excluding steroid dienone is 16. The Balaban J connectivity index is 4.08. The van der Waals surface area contributed by atoms with Gasteiger partial charge in [-0.15, -0.1) is 0 Å². The van der Waals surface area contributed by atoms with E-state index >= 15 is 0 Å². The molecule has 0 aromatic rings. The monoisotopic (exact) mass is 829 g/mol. The van der Waals surface area contributed by atoms with Crippen LogP contribution >= 0.6 is 7.82 Å². The van der Waals surface area contributed by atoms with Crippen LogP contribution in [0.4, 0.5) is 0 Å². The van der Waals surface area contributed by atoms with Crippen LogP contribution in [-0.4, -0.2) is 41.0 Å². The van der Waals surface area contributed by atoms with Gasteiger partial charge in [0.1, 0.15) is 6.61 Å². The number of phosphoric ester groups is 1. The Labute approximate surface area is 354 Å². The Morgan fingerprint density at radius 3 is 1.24 bits per heavy atom. The van der Waals surface area contributed by atoms with E-state index in [1.54, 1.807) is 0 Å². The minimum atomic E-state index is -4.79. The summed E-state index contributed by atoms with van der Waals surface area (Å²) in [4.78, 5) is 42.9. The van der Waals surface area contributed by atoms with Crippen LogP contribution in [0.5, 0.6) is 0 Å². The summed E-state index contributed by atoms with van der Waals surface area (Å²) in [6.07, 6.45) is 59.9. The molecule has 0 spiro atoms. The van der Waals surface area contributed by atoms with Crippen LogP contribution in [-0.2, 0) is 28.2 Å². The number of esters is 2. The summed E-state index contributed by atoms with van der Waals surface area (Å²) < 4.78 is 26.4. The van der Waals surface area contributed by atoms with Crippen molar-refractivity contribution in [2.24, 2.45) is 0 Å². The van der Waals surface area contributed by atoms with E-state index in [0.29, 0.717) is 19.3 Å². The number of unbranched alkanes of at least 4 members (excludes halogenated alkanes) is 14. The fraction of sp³-hybridized carbons (Fsp3) is 0.633. The Morgan fingerprint density at radius 1 is 0.448 bits per heavy atom. The Morgan fingerprint density at radius 2 is 0.793 bits per heavy atom. The molecule has 58 heavy (non-hydrogen) atoms. The lowest BCUT2D eigenvalue weighted by molar-refractivity contribution is -0.161. The van der Waals surface area contributed by atoms with E-state index in [0.717, 1.165) is 57.8 Å². The number of rotatable bonds is 40. The first kappa shape index (κ1) is 55.0. The van der Waals surface area contributed by atoms with Gasteiger partial charge >= 0.3 is 19.8 Å². The quantitative estimate of drug-likeness (QED) is 0.0271. The third-order valence-corrected chi connectivity index (χ3v) is 9.56. The standard InChI is InChI=1S/C49H81O8P/c1-3-5-7-9-11-13-15-17-19-21-23-24-26-28-30-32-34-36-38-40-42-44-49(51)57-47(46-56-58(52,53)54)45-55-48(50)43-41-39-37-35-33-31-29-27-25-22-20-18-16-14-12-10-8-6-4-2/h12,14,18-21,24-27,30-33,36,38,47H,3-11,13,15-17,22-23,28-29,34-35,37,39-46H2,1-2H3,(H2,52,53,54)/b14-12+,20-18+,21-19+,26-24+,27-25+,32-30+,33-31+,38-36+/t47-/m1/s1. The van der Waals surface area contributed by atoms with E-state index in [-0.39, 0.29) is 19.4 Å². The van der Waals surface area contributed by atoms with Gasteiger partial charge in [-0.1, -0.05) is 169 Å². The molecule has 0 heterocycles. The highest BCUT2D eigenvalue weighted by atomic mass is 31.2. The summed E-state index contributed by atoms with van der Waals surface area (Å²) in [6.45, 7) is 3.58. The van der Waals surface area contributed by atoms with Gasteiger partial charge < -0.3 is 19.3 Å². The molecule has 0 aromatic heterocycles. The Hall–Kier alpha value is -3.03. The van der Waals surface area contributed by atoms with E-state index in [1.165, 1.54) is 77.0 Å². The molecule has 0 radical (unpaired) electrons. The van der Waals surface area contributed by atoms with E-state index in [2.05, 4.69) is 110 Å². The lowest BCUT2D eigenvalue weighted by Crippen LogP contribution is -2.29. The van der Waals surface area contributed by atoms with Gasteiger partial charge in [0.05, 0.1) is 6.61 Å². The molecule has 0 amide bonds. The van der Waals surface area contributed by atoms with E-state index in [1.807, 2.05) is 6.08 Å². The third kappa shape index (κ3) is 45.7.